The topological polar surface area (TPSA) is 33.7 Å². The first-order valence-corrected chi connectivity index (χ1v) is 8.46. The summed E-state index contributed by atoms with van der Waals surface area (Å²) >= 11 is 0. The zero-order chi connectivity index (χ0) is 13.8. The van der Waals surface area contributed by atoms with Crippen LogP contribution in [0.15, 0.2) is 0 Å². The maximum Gasteiger partial charge on any atom is 0.168 e. The van der Waals surface area contributed by atoms with Crippen LogP contribution in [0, 0.1) is 5.92 Å². The number of nitrogens with one attached hydrogen (secondary N) is 1. The Hall–Kier alpha value is -0.160. The molecule has 0 bridgehead atoms. The van der Waals surface area contributed by atoms with Gasteiger partial charge in [-0.25, -0.2) is 0 Å². The number of ether oxygens (including phenoxy) is 2. The van der Waals surface area contributed by atoms with Crippen molar-refractivity contribution in [2.45, 2.75) is 56.8 Å². The van der Waals surface area contributed by atoms with Gasteiger partial charge in [0.05, 0.1) is 13.2 Å². The summed E-state index contributed by atoms with van der Waals surface area (Å²) in [6.45, 7) is 5.33. The minimum atomic E-state index is -0.202. The predicted octanol–water partition coefficient (Wildman–Crippen LogP) is 1.99. The second kappa shape index (κ2) is 6.73. The molecule has 1 aliphatic carbocycles. The Balaban J connectivity index is 1.30. The summed E-state index contributed by atoms with van der Waals surface area (Å²) < 4.78 is 11.6. The van der Waals surface area contributed by atoms with Crippen LogP contribution < -0.4 is 5.32 Å². The molecule has 4 nitrogen and oxygen atoms in total. The second-order valence-electron chi connectivity index (χ2n) is 6.87. The fourth-order valence-corrected chi connectivity index (χ4v) is 3.89. The van der Waals surface area contributed by atoms with Crippen LogP contribution >= 0.6 is 0 Å². The summed E-state index contributed by atoms with van der Waals surface area (Å²) in [6.07, 6.45) is 8.66. The summed E-state index contributed by atoms with van der Waals surface area (Å²) in [4.78, 5) is 2.45. The summed E-state index contributed by atoms with van der Waals surface area (Å²) in [5.74, 6) is 0.738. The molecule has 0 aromatic rings. The first kappa shape index (κ1) is 14.8. The number of piperidine rings is 1. The van der Waals surface area contributed by atoms with Gasteiger partial charge in [0.25, 0.3) is 0 Å². The maximum absolute atomic E-state index is 5.78. The lowest BCUT2D eigenvalue weighted by atomic mass is 9.89. The van der Waals surface area contributed by atoms with Crippen LogP contribution in [0.4, 0.5) is 0 Å². The highest BCUT2D eigenvalue weighted by molar-refractivity contribution is 4.85. The molecule has 0 unspecified atom stereocenters. The van der Waals surface area contributed by atoms with Crippen molar-refractivity contribution < 1.29 is 9.47 Å². The van der Waals surface area contributed by atoms with Gasteiger partial charge in [0.1, 0.15) is 0 Å². The van der Waals surface area contributed by atoms with Crippen molar-refractivity contribution in [1.82, 2.24) is 10.2 Å². The van der Waals surface area contributed by atoms with E-state index in [2.05, 4.69) is 17.3 Å². The minimum absolute atomic E-state index is 0.202. The molecule has 2 heterocycles. The highest BCUT2D eigenvalue weighted by Crippen LogP contribution is 2.35. The molecule has 0 atom stereocenters. The first-order valence-electron chi connectivity index (χ1n) is 8.46. The van der Waals surface area contributed by atoms with Crippen LogP contribution in [0.2, 0.25) is 0 Å². The van der Waals surface area contributed by atoms with Gasteiger partial charge >= 0.3 is 0 Å². The number of hydrogen-bond donors (Lipinski definition) is 1. The molecular weight excluding hydrogens is 252 g/mol. The van der Waals surface area contributed by atoms with Gasteiger partial charge in [-0.05, 0) is 64.7 Å². The summed E-state index contributed by atoms with van der Waals surface area (Å²) in [5.41, 5.74) is 0. The van der Waals surface area contributed by atoms with E-state index in [4.69, 9.17) is 9.47 Å². The van der Waals surface area contributed by atoms with Crippen LogP contribution in [0.1, 0.15) is 44.9 Å². The van der Waals surface area contributed by atoms with Gasteiger partial charge in [-0.1, -0.05) is 0 Å². The van der Waals surface area contributed by atoms with E-state index in [1.807, 2.05) is 0 Å². The lowest BCUT2D eigenvalue weighted by molar-refractivity contribution is -0.179. The van der Waals surface area contributed by atoms with Gasteiger partial charge in [-0.2, -0.15) is 0 Å². The van der Waals surface area contributed by atoms with Crippen LogP contribution in [0.5, 0.6) is 0 Å². The second-order valence-corrected chi connectivity index (χ2v) is 6.87. The maximum atomic E-state index is 5.78. The normalized spacial score (nSPS) is 29.2. The number of hydrogen-bond acceptors (Lipinski definition) is 4. The largest absolute Gasteiger partial charge is 0.348 e. The Morgan fingerprint density at radius 1 is 1.05 bits per heavy atom. The molecule has 4 heteroatoms. The fourth-order valence-electron chi connectivity index (χ4n) is 3.89. The highest BCUT2D eigenvalue weighted by Gasteiger charge is 2.40. The molecule has 2 aliphatic heterocycles. The van der Waals surface area contributed by atoms with E-state index < -0.39 is 0 Å². The van der Waals surface area contributed by atoms with E-state index in [9.17, 15) is 0 Å². The molecule has 0 aromatic carbocycles. The quantitative estimate of drug-likeness (QED) is 0.855. The fraction of sp³-hybridized carbons (Fsp3) is 1.00. The van der Waals surface area contributed by atoms with Crippen molar-refractivity contribution in [2.24, 2.45) is 5.92 Å². The van der Waals surface area contributed by atoms with Crippen molar-refractivity contribution in [3.8, 4) is 0 Å². The third-order valence-corrected chi connectivity index (χ3v) is 5.38. The zero-order valence-corrected chi connectivity index (χ0v) is 12.9. The van der Waals surface area contributed by atoms with E-state index in [0.29, 0.717) is 6.04 Å². The lowest BCUT2D eigenvalue weighted by Gasteiger charge is -2.36. The van der Waals surface area contributed by atoms with Crippen LogP contribution in [0.25, 0.3) is 0 Å². The Bertz CT molecular complexity index is 287. The summed E-state index contributed by atoms with van der Waals surface area (Å²) in [5, 5.41) is 3.76. The number of likely N-dealkylation sites (tertiary alicyclic amines) is 1. The monoisotopic (exact) mass is 282 g/mol. The molecule has 1 N–H and O–H groups in total. The van der Waals surface area contributed by atoms with Crippen LogP contribution in [-0.2, 0) is 9.47 Å². The van der Waals surface area contributed by atoms with Gasteiger partial charge in [0.15, 0.2) is 5.79 Å². The van der Waals surface area contributed by atoms with Gasteiger partial charge in [0.2, 0.25) is 0 Å². The average Bonchev–Trinajstić information content (AvgIpc) is 2.92. The molecule has 3 fully saturated rings. The SMILES string of the molecule is CN1CCC(CCNC2CCC3(CC2)OCCO3)CC1. The molecule has 0 radical (unpaired) electrons. The molecular formula is C16H30N2O2. The summed E-state index contributed by atoms with van der Waals surface area (Å²) in [7, 11) is 2.24. The molecule has 2 saturated heterocycles. The van der Waals surface area contributed by atoms with Crippen LogP contribution in [0.3, 0.4) is 0 Å². The minimum Gasteiger partial charge on any atom is -0.348 e. The van der Waals surface area contributed by atoms with E-state index in [1.54, 1.807) is 0 Å². The Kier molecular flexibility index (Phi) is 4.97. The lowest BCUT2D eigenvalue weighted by Crippen LogP contribution is -2.42. The molecule has 0 aromatic heterocycles. The third kappa shape index (κ3) is 3.73. The van der Waals surface area contributed by atoms with E-state index in [-0.39, 0.29) is 5.79 Å². The Labute approximate surface area is 123 Å². The van der Waals surface area contributed by atoms with Gasteiger partial charge in [0, 0.05) is 18.9 Å². The van der Waals surface area contributed by atoms with E-state index in [1.165, 1.54) is 51.7 Å². The third-order valence-electron chi connectivity index (χ3n) is 5.38. The molecule has 3 aliphatic rings. The standard InChI is InChI=1S/C16H30N2O2/c1-18-10-5-14(6-11-18)4-9-17-15-2-7-16(8-3-15)19-12-13-20-16/h14-15,17H,2-13H2,1H3. The highest BCUT2D eigenvalue weighted by atomic mass is 16.7. The van der Waals surface area contributed by atoms with Crippen molar-refractivity contribution in [3.63, 3.8) is 0 Å². The van der Waals surface area contributed by atoms with Crippen molar-refractivity contribution in [3.05, 3.63) is 0 Å². The first-order chi connectivity index (χ1) is 9.76. The van der Waals surface area contributed by atoms with Gasteiger partial charge < -0.3 is 19.7 Å². The zero-order valence-electron chi connectivity index (χ0n) is 12.9. The van der Waals surface area contributed by atoms with Gasteiger partial charge in [-0.3, -0.25) is 0 Å². The number of rotatable bonds is 4. The predicted molar refractivity (Wildman–Crippen MR) is 79.7 cm³/mol. The van der Waals surface area contributed by atoms with Crippen molar-refractivity contribution >= 4 is 0 Å². The smallest absolute Gasteiger partial charge is 0.168 e. The van der Waals surface area contributed by atoms with Crippen molar-refractivity contribution in [2.75, 3.05) is 39.9 Å². The van der Waals surface area contributed by atoms with E-state index >= 15 is 0 Å². The molecule has 1 spiro atoms. The Morgan fingerprint density at radius 2 is 1.70 bits per heavy atom. The molecule has 20 heavy (non-hydrogen) atoms. The summed E-state index contributed by atoms with van der Waals surface area (Å²) in [6, 6.07) is 0.680. The molecule has 116 valence electrons. The number of nitrogens with zero attached hydrogens (tertiary/aromatic N) is 1. The molecule has 3 rings (SSSR count). The van der Waals surface area contributed by atoms with Gasteiger partial charge in [-0.15, -0.1) is 0 Å². The van der Waals surface area contributed by atoms with Crippen LogP contribution in [-0.4, -0.2) is 56.6 Å². The molecule has 1 saturated carbocycles. The Morgan fingerprint density at radius 3 is 2.35 bits per heavy atom. The molecule has 0 amide bonds. The van der Waals surface area contributed by atoms with Crippen molar-refractivity contribution in [1.29, 1.82) is 0 Å². The average molecular weight is 282 g/mol. The van der Waals surface area contributed by atoms with E-state index in [0.717, 1.165) is 32.0 Å².